The minimum Gasteiger partial charge on any atom is -0.425 e. The molecule has 2 rings (SSSR count). The molecule has 7 heteroatoms. The smallest absolute Gasteiger partial charge is 0.344 e. The Morgan fingerprint density at radius 3 is 2.69 bits per heavy atom. The predicted octanol–water partition coefficient (Wildman–Crippen LogP) is 3.33. The van der Waals surface area contributed by atoms with Crippen molar-refractivity contribution in [3.63, 3.8) is 0 Å². The number of hydrogen-bond acceptors (Lipinski definition) is 4. The summed E-state index contributed by atoms with van der Waals surface area (Å²) in [7, 11) is 0. The minimum atomic E-state index is -1.62. The summed E-state index contributed by atoms with van der Waals surface area (Å²) in [6.45, 7) is 1.32. The molecule has 0 unspecified atom stereocenters. The van der Waals surface area contributed by atoms with Gasteiger partial charge in [0, 0.05) is 6.92 Å². The molecule has 1 aromatic rings. The van der Waals surface area contributed by atoms with Crippen LogP contribution in [0.4, 0.5) is 0 Å². The van der Waals surface area contributed by atoms with Gasteiger partial charge in [-0.15, -0.1) is 0 Å². The van der Waals surface area contributed by atoms with Gasteiger partial charge in [-0.25, -0.2) is 4.79 Å². The highest BCUT2D eigenvalue weighted by molar-refractivity contribution is 6.47. The Bertz CT molecular complexity index is 453. The fraction of sp³-hybridized carbons (Fsp3) is 0.222. The van der Waals surface area contributed by atoms with Crippen LogP contribution in [0.5, 0.6) is 11.5 Å². The first-order valence-electron chi connectivity index (χ1n) is 4.16. The zero-order valence-corrected chi connectivity index (χ0v) is 10.2. The number of esters is 1. The molecule has 0 amide bonds. The molecular weight excluding hydrogens is 278 g/mol. The van der Waals surface area contributed by atoms with Gasteiger partial charge in [0.05, 0.1) is 0 Å². The van der Waals surface area contributed by atoms with Crippen LogP contribution in [0.3, 0.4) is 0 Å². The first kappa shape index (κ1) is 11.6. The number of halogens is 3. The first-order chi connectivity index (χ1) is 7.38. The van der Waals surface area contributed by atoms with Crippen LogP contribution in [0.1, 0.15) is 17.3 Å². The van der Waals surface area contributed by atoms with Crippen molar-refractivity contribution in [2.24, 2.45) is 0 Å². The Balaban J connectivity index is 2.31. The lowest BCUT2D eigenvalue weighted by Gasteiger charge is -2.14. The van der Waals surface area contributed by atoms with Gasteiger partial charge in [0.1, 0.15) is 10.6 Å². The van der Waals surface area contributed by atoms with E-state index < -0.39 is 10.5 Å². The molecule has 0 saturated carbocycles. The lowest BCUT2D eigenvalue weighted by Crippen LogP contribution is -2.18. The molecule has 0 spiro atoms. The van der Waals surface area contributed by atoms with Crippen LogP contribution in [0.25, 0.3) is 0 Å². The van der Waals surface area contributed by atoms with E-state index in [-0.39, 0.29) is 16.3 Å². The van der Waals surface area contributed by atoms with Gasteiger partial charge in [0.2, 0.25) is 11.5 Å². The highest BCUT2D eigenvalue weighted by Crippen LogP contribution is 2.42. The summed E-state index contributed by atoms with van der Waals surface area (Å²) in [6, 6.07) is 2.93. The van der Waals surface area contributed by atoms with Crippen molar-refractivity contribution in [2.75, 3.05) is 0 Å². The van der Waals surface area contributed by atoms with E-state index in [1.165, 1.54) is 19.1 Å². The van der Waals surface area contributed by atoms with Crippen molar-refractivity contribution in [1.29, 1.82) is 0 Å². The third kappa shape index (κ3) is 2.14. The molecule has 2 bridgehead atoms. The van der Waals surface area contributed by atoms with Crippen molar-refractivity contribution < 1.29 is 19.3 Å². The molecule has 0 atom stereocenters. The Hall–Kier alpha value is -0.840. The van der Waals surface area contributed by atoms with Crippen molar-refractivity contribution >= 4 is 40.8 Å². The van der Waals surface area contributed by atoms with E-state index in [0.717, 1.165) is 0 Å². The third-order valence-corrected chi connectivity index (χ3v) is 2.28. The number of carbonyl (C=O) groups is 1. The number of benzene rings is 1. The van der Waals surface area contributed by atoms with Crippen LogP contribution in [-0.4, -0.2) is 10.5 Å². The summed E-state index contributed by atoms with van der Waals surface area (Å²) >= 11 is 16.9. The average molecular weight is 283 g/mol. The van der Waals surface area contributed by atoms with E-state index in [0.29, 0.717) is 5.75 Å². The summed E-state index contributed by atoms with van der Waals surface area (Å²) in [4.78, 5) is 21.1. The summed E-state index contributed by atoms with van der Waals surface area (Å²) in [6.07, 6.45) is 0. The molecule has 0 N–H and O–H groups in total. The molecule has 1 aromatic carbocycles. The second-order valence-electron chi connectivity index (χ2n) is 3.12. The molecule has 0 saturated heterocycles. The molecule has 1 aliphatic heterocycles. The normalized spacial score (nSPS) is 13.0. The lowest BCUT2D eigenvalue weighted by molar-refractivity contribution is -0.0853. The molecule has 1 heterocycles. The van der Waals surface area contributed by atoms with Crippen LogP contribution < -0.4 is 9.78 Å². The Kier molecular flexibility index (Phi) is 2.82. The van der Waals surface area contributed by atoms with E-state index >= 15 is 0 Å². The van der Waals surface area contributed by atoms with Crippen LogP contribution >= 0.6 is 34.8 Å². The van der Waals surface area contributed by atoms with Crippen molar-refractivity contribution in [3.05, 3.63) is 22.7 Å². The fourth-order valence-electron chi connectivity index (χ4n) is 1.15. The molecule has 0 aliphatic carbocycles. The van der Waals surface area contributed by atoms with Gasteiger partial charge in [-0.3, -0.25) is 9.78 Å². The standard InChI is InChI=1S/C9H5Cl3O4/c1-9(11,12)14-8(13)4-2-3-5-6(10)7(4)16-15-5/h2-3H,1H3. The molecule has 0 aromatic heterocycles. The minimum absolute atomic E-state index is 0.0961. The third-order valence-electron chi connectivity index (χ3n) is 1.77. The maximum atomic E-state index is 11.6. The second kappa shape index (κ2) is 3.87. The molecule has 4 nitrogen and oxygen atoms in total. The Labute approximate surface area is 106 Å². The van der Waals surface area contributed by atoms with Crippen LogP contribution in [-0.2, 0) is 4.74 Å². The molecule has 0 radical (unpaired) electrons. The maximum absolute atomic E-state index is 11.6. The largest absolute Gasteiger partial charge is 0.425 e. The second-order valence-corrected chi connectivity index (χ2v) is 5.13. The number of rotatable bonds is 2. The van der Waals surface area contributed by atoms with E-state index in [1.807, 2.05) is 0 Å². The topological polar surface area (TPSA) is 44.8 Å². The lowest BCUT2D eigenvalue weighted by atomic mass is 10.2. The number of ether oxygens (including phenoxy) is 1. The summed E-state index contributed by atoms with van der Waals surface area (Å²) in [5.74, 6) is -0.309. The van der Waals surface area contributed by atoms with Gasteiger partial charge in [-0.05, 0) is 12.1 Å². The monoisotopic (exact) mass is 282 g/mol. The number of hydrogen-bond donors (Lipinski definition) is 0. The Morgan fingerprint density at radius 1 is 1.38 bits per heavy atom. The van der Waals surface area contributed by atoms with Crippen molar-refractivity contribution in [1.82, 2.24) is 0 Å². The van der Waals surface area contributed by atoms with E-state index in [1.54, 1.807) is 0 Å². The quantitative estimate of drug-likeness (QED) is 0.474. The first-order valence-corrected chi connectivity index (χ1v) is 5.30. The summed E-state index contributed by atoms with van der Waals surface area (Å²) in [5, 5.41) is 0.209. The highest BCUT2D eigenvalue weighted by atomic mass is 35.5. The molecule has 16 heavy (non-hydrogen) atoms. The van der Waals surface area contributed by atoms with E-state index in [9.17, 15) is 4.79 Å². The SMILES string of the molecule is CC(Cl)(Cl)OC(=O)c1ccc2c(Cl)c1OO2. The molecule has 1 aliphatic rings. The highest BCUT2D eigenvalue weighted by Gasteiger charge is 2.30. The van der Waals surface area contributed by atoms with Crippen LogP contribution in [0.2, 0.25) is 5.02 Å². The van der Waals surface area contributed by atoms with Gasteiger partial charge < -0.3 is 4.74 Å². The predicted molar refractivity (Wildman–Crippen MR) is 58.2 cm³/mol. The summed E-state index contributed by atoms with van der Waals surface area (Å²) in [5.41, 5.74) is 0.0961. The Morgan fingerprint density at radius 2 is 2.06 bits per heavy atom. The average Bonchev–Trinajstić information content (AvgIpc) is 2.41. The van der Waals surface area contributed by atoms with E-state index in [2.05, 4.69) is 0 Å². The van der Waals surface area contributed by atoms with Crippen LogP contribution in [0.15, 0.2) is 12.1 Å². The fourth-order valence-corrected chi connectivity index (χ4v) is 1.52. The van der Waals surface area contributed by atoms with Crippen molar-refractivity contribution in [2.45, 2.75) is 11.4 Å². The number of carbonyl (C=O) groups excluding carboxylic acids is 1. The molecule has 0 fully saturated rings. The van der Waals surface area contributed by atoms with Gasteiger partial charge in [-0.2, -0.15) is 0 Å². The molecule has 86 valence electrons. The van der Waals surface area contributed by atoms with Gasteiger partial charge in [-0.1, -0.05) is 34.8 Å². The zero-order chi connectivity index (χ0) is 11.9. The zero-order valence-electron chi connectivity index (χ0n) is 7.92. The van der Waals surface area contributed by atoms with Gasteiger partial charge >= 0.3 is 5.97 Å². The maximum Gasteiger partial charge on any atom is 0.344 e. The van der Waals surface area contributed by atoms with Crippen LogP contribution in [0, 0.1) is 0 Å². The van der Waals surface area contributed by atoms with Gasteiger partial charge in [0.15, 0.2) is 0 Å². The van der Waals surface area contributed by atoms with Crippen molar-refractivity contribution in [3.8, 4) is 11.5 Å². The van der Waals surface area contributed by atoms with E-state index in [4.69, 9.17) is 49.3 Å². The van der Waals surface area contributed by atoms with Gasteiger partial charge in [0.25, 0.3) is 4.52 Å². The number of fused-ring (bicyclic) bond motifs is 2. The summed E-state index contributed by atoms with van der Waals surface area (Å²) < 4.78 is 3.13. The number of alkyl halides is 2. The molecular formula is C9H5Cl3O4.